The summed E-state index contributed by atoms with van der Waals surface area (Å²) in [6, 6.07) is 18.3. The van der Waals surface area contributed by atoms with Gasteiger partial charge >= 0.3 is 5.97 Å². The van der Waals surface area contributed by atoms with Crippen LogP contribution in [-0.4, -0.2) is 87.3 Å². The van der Waals surface area contributed by atoms with Gasteiger partial charge in [-0.3, -0.25) is 14.8 Å². The van der Waals surface area contributed by atoms with E-state index >= 15 is 0 Å². The summed E-state index contributed by atoms with van der Waals surface area (Å²) >= 11 is 0. The number of hydrogen-bond acceptors (Lipinski definition) is 15. The molecule has 1 aliphatic rings. The van der Waals surface area contributed by atoms with Gasteiger partial charge in [0.2, 0.25) is 0 Å². The summed E-state index contributed by atoms with van der Waals surface area (Å²) in [5, 5.41) is 12.0. The minimum Gasteiger partial charge on any atom is -0.492 e. The number of carbonyl (C=O) groups is 2. The molecule has 0 atom stereocenters. The number of amides is 1. The number of fused-ring (bicyclic) bond motifs is 6. The number of aromatic carboxylic acids is 1. The number of ether oxygens (including phenoxy) is 2. The summed E-state index contributed by atoms with van der Waals surface area (Å²) < 4.78 is 11.7. The van der Waals surface area contributed by atoms with Crippen LogP contribution in [0.15, 0.2) is 97.8 Å². The molecule has 0 unspecified atom stereocenters. The van der Waals surface area contributed by atoms with Gasteiger partial charge in [0.05, 0.1) is 72.0 Å². The number of nitrogen functional groups attached to an aromatic ring is 3. The van der Waals surface area contributed by atoms with Crippen molar-refractivity contribution in [2.75, 3.05) is 72.7 Å². The highest BCUT2D eigenvalue weighted by Gasteiger charge is 2.19. The predicted molar refractivity (Wildman–Crippen MR) is 209 cm³/mol. The molecule has 2 aromatic carbocycles. The van der Waals surface area contributed by atoms with Crippen LogP contribution in [0.25, 0.3) is 22.5 Å². The lowest BCUT2D eigenvalue weighted by molar-refractivity contribution is 0.0691. The molecular formula is C38H38N12O5. The van der Waals surface area contributed by atoms with Crippen molar-refractivity contribution in [2.45, 2.75) is 0 Å². The molecular weight excluding hydrogens is 704 g/mol. The van der Waals surface area contributed by atoms with Crippen LogP contribution in [0.4, 0.5) is 34.4 Å². The van der Waals surface area contributed by atoms with Gasteiger partial charge in [-0.2, -0.15) is 0 Å². The summed E-state index contributed by atoms with van der Waals surface area (Å²) in [7, 11) is 3.84. The number of rotatable bonds is 7. The number of carbonyl (C=O) groups excluding carboxylic acids is 1. The Morgan fingerprint density at radius 1 is 0.927 bits per heavy atom. The van der Waals surface area contributed by atoms with Gasteiger partial charge in [-0.1, -0.05) is 24.3 Å². The van der Waals surface area contributed by atoms with E-state index in [4.69, 9.17) is 31.8 Å². The quantitative estimate of drug-likeness (QED) is 0.154. The first-order valence-electron chi connectivity index (χ1n) is 16.9. The van der Waals surface area contributed by atoms with Crippen molar-refractivity contribution in [1.29, 1.82) is 0 Å². The molecule has 0 radical (unpaired) electrons. The van der Waals surface area contributed by atoms with Gasteiger partial charge in [-0.05, 0) is 36.4 Å². The highest BCUT2D eigenvalue weighted by atomic mass is 16.5. The van der Waals surface area contributed by atoms with Crippen LogP contribution in [0.3, 0.4) is 0 Å². The topological polar surface area (TPSA) is 247 Å². The first-order valence-corrected chi connectivity index (χ1v) is 16.9. The Morgan fingerprint density at radius 3 is 2.42 bits per heavy atom. The molecule has 1 aliphatic heterocycles. The summed E-state index contributed by atoms with van der Waals surface area (Å²) in [5.41, 5.74) is 22.4. The molecule has 17 heteroatoms. The zero-order chi connectivity index (χ0) is 38.9. The van der Waals surface area contributed by atoms with Crippen LogP contribution in [0, 0.1) is 0 Å². The van der Waals surface area contributed by atoms with E-state index in [0.29, 0.717) is 60.4 Å². The van der Waals surface area contributed by atoms with Crippen molar-refractivity contribution in [3.8, 4) is 34.0 Å². The third-order valence-electron chi connectivity index (χ3n) is 8.37. The molecule has 0 aliphatic carbocycles. The van der Waals surface area contributed by atoms with E-state index < -0.39 is 11.9 Å². The fraction of sp³-hybridized carbons (Fsp3) is 0.158. The van der Waals surface area contributed by atoms with E-state index in [-0.39, 0.29) is 23.0 Å². The number of nitrogens with two attached hydrogens (primary N) is 3. The number of carboxylic acid groups (broad SMARTS) is 1. The first-order chi connectivity index (χ1) is 26.6. The van der Waals surface area contributed by atoms with Gasteiger partial charge in [-0.15, -0.1) is 0 Å². The Bertz CT molecular complexity index is 2330. The Hall–Kier alpha value is -7.56. The third kappa shape index (κ3) is 9.09. The molecule has 8 N–H and O–H groups in total. The molecule has 0 spiro atoms. The zero-order valence-electron chi connectivity index (χ0n) is 30.0. The van der Waals surface area contributed by atoms with Crippen LogP contribution in [-0.2, 0) is 0 Å². The van der Waals surface area contributed by atoms with Crippen LogP contribution < -0.4 is 41.8 Å². The number of nitrogens with zero attached hydrogens (tertiary/aromatic N) is 8. The van der Waals surface area contributed by atoms with E-state index in [1.54, 1.807) is 49.2 Å². The molecule has 17 nitrogen and oxygen atoms in total. The SMILES string of the molecule is CN(CCOc1cccc(-c2cnc(N)c(C(=O)O)n2)c1)c1ccncc1N.CN1CCOc2cccc(c2)-c2cnc(N)c(n2)C(=O)Nc2cnccc21. The Balaban J connectivity index is 0.000000187. The van der Waals surface area contributed by atoms with E-state index in [1.807, 2.05) is 66.4 Å². The molecule has 55 heavy (non-hydrogen) atoms. The predicted octanol–water partition coefficient (Wildman–Crippen LogP) is 4.12. The van der Waals surface area contributed by atoms with Gasteiger partial charge in [-0.25, -0.2) is 24.7 Å². The number of carboxylic acids is 1. The van der Waals surface area contributed by atoms with Crippen LogP contribution in [0.2, 0.25) is 0 Å². The van der Waals surface area contributed by atoms with Crippen molar-refractivity contribution in [1.82, 2.24) is 29.9 Å². The van der Waals surface area contributed by atoms with Gasteiger partial charge in [0.15, 0.2) is 23.0 Å². The minimum atomic E-state index is -1.22. The standard InChI is InChI=1S/C19H20N6O3.C19H18N6O2/c1-25(16-5-6-22-10-14(16)20)7-8-28-13-4-2-3-12(9-13)15-11-23-18(21)17(24-15)19(26)27;1-25-7-8-27-13-4-2-3-12(9-13)14-11-22-18(20)17(23-14)19(26)24-15-10-21-6-5-16(15)25/h2-6,9-11H,7-8,20H2,1H3,(H2,21,23)(H,26,27);2-6,9-11H,7-8H2,1H3,(H2,20,22)(H,24,26). The van der Waals surface area contributed by atoms with Gasteiger partial charge in [0.25, 0.3) is 5.91 Å². The molecule has 280 valence electrons. The van der Waals surface area contributed by atoms with E-state index in [0.717, 1.165) is 22.7 Å². The molecule has 4 aromatic heterocycles. The van der Waals surface area contributed by atoms with E-state index in [2.05, 4.69) is 35.2 Å². The Morgan fingerprint density at radius 2 is 1.64 bits per heavy atom. The summed E-state index contributed by atoms with van der Waals surface area (Å²) in [4.78, 5) is 52.6. The van der Waals surface area contributed by atoms with Gasteiger partial charge in [0.1, 0.15) is 24.7 Å². The zero-order valence-corrected chi connectivity index (χ0v) is 30.0. The van der Waals surface area contributed by atoms with Crippen molar-refractivity contribution in [3.05, 3.63) is 109 Å². The summed E-state index contributed by atoms with van der Waals surface area (Å²) in [5.74, 6) is -0.370. The average Bonchev–Trinajstić information content (AvgIpc) is 3.18. The minimum absolute atomic E-state index is 0.0633. The highest BCUT2D eigenvalue weighted by Crippen LogP contribution is 2.28. The monoisotopic (exact) mass is 742 g/mol. The lowest BCUT2D eigenvalue weighted by Gasteiger charge is -2.22. The highest BCUT2D eigenvalue weighted by molar-refractivity contribution is 6.07. The molecule has 5 heterocycles. The maximum Gasteiger partial charge on any atom is 0.358 e. The molecule has 6 aromatic rings. The number of benzene rings is 2. The number of pyridine rings is 2. The van der Waals surface area contributed by atoms with Crippen molar-refractivity contribution >= 4 is 46.3 Å². The van der Waals surface area contributed by atoms with Crippen molar-refractivity contribution < 1.29 is 24.2 Å². The number of nitrogens with one attached hydrogen (secondary N) is 1. The molecule has 1 amide bonds. The van der Waals surface area contributed by atoms with Crippen molar-refractivity contribution in [3.63, 3.8) is 0 Å². The number of likely N-dealkylation sites (N-methyl/N-ethyl adjacent to an activating group) is 2. The van der Waals surface area contributed by atoms with Gasteiger partial charge in [0, 0.05) is 37.6 Å². The smallest absolute Gasteiger partial charge is 0.358 e. The Labute approximate surface area is 315 Å². The number of anilines is 6. The second kappa shape index (κ2) is 16.8. The third-order valence-corrected chi connectivity index (χ3v) is 8.37. The lowest BCUT2D eigenvalue weighted by Crippen LogP contribution is -2.26. The van der Waals surface area contributed by atoms with Crippen LogP contribution in [0.5, 0.6) is 11.5 Å². The first kappa shape index (κ1) is 37.2. The largest absolute Gasteiger partial charge is 0.492 e. The van der Waals surface area contributed by atoms with Crippen molar-refractivity contribution in [2.24, 2.45) is 0 Å². The molecule has 0 fully saturated rings. The summed E-state index contributed by atoms with van der Waals surface area (Å²) in [6.07, 6.45) is 9.53. The van der Waals surface area contributed by atoms with Crippen LogP contribution in [0.1, 0.15) is 21.0 Å². The molecule has 4 bridgehead atoms. The normalized spacial score (nSPS) is 12.1. The fourth-order valence-corrected chi connectivity index (χ4v) is 5.48. The van der Waals surface area contributed by atoms with E-state index in [1.165, 1.54) is 6.20 Å². The van der Waals surface area contributed by atoms with Crippen LogP contribution >= 0.6 is 0 Å². The maximum atomic E-state index is 12.8. The number of aromatic nitrogens is 6. The van der Waals surface area contributed by atoms with E-state index in [9.17, 15) is 9.59 Å². The lowest BCUT2D eigenvalue weighted by atomic mass is 10.1. The fourth-order valence-electron chi connectivity index (χ4n) is 5.48. The Kier molecular flexibility index (Phi) is 11.4. The second-order valence-electron chi connectivity index (χ2n) is 12.2. The second-order valence-corrected chi connectivity index (χ2v) is 12.2. The molecule has 0 saturated heterocycles. The maximum absolute atomic E-state index is 12.8. The van der Waals surface area contributed by atoms with Gasteiger partial charge < -0.3 is 46.9 Å². The summed E-state index contributed by atoms with van der Waals surface area (Å²) in [6.45, 7) is 2.15. The number of hydrogen-bond donors (Lipinski definition) is 5. The average molecular weight is 743 g/mol. The molecule has 7 rings (SSSR count). The molecule has 0 saturated carbocycles.